The van der Waals surface area contributed by atoms with Crippen molar-refractivity contribution in [2.45, 2.75) is 49.7 Å². The van der Waals surface area contributed by atoms with Gasteiger partial charge in [0.25, 0.3) is 5.91 Å². The summed E-state index contributed by atoms with van der Waals surface area (Å²) >= 11 is 1.16. The van der Waals surface area contributed by atoms with Crippen LogP contribution >= 0.6 is 11.8 Å². The van der Waals surface area contributed by atoms with Crippen LogP contribution in [0.2, 0.25) is 0 Å². The standard InChI is InChI=1S/C24H24F3N5O3S/c1-2-3-4-5-11-28-22(33)18-14-35-20(29-18)15-36-23-31-30-21(19-10-7-12-34-19)32(23)17-9-6-8-16(13-17)24(25,26)27/h6-10,12-14H,2-5,11,15H2,1H3,(H,28,33). The van der Waals surface area contributed by atoms with Crippen LogP contribution in [0.15, 0.2) is 62.9 Å². The third-order valence-electron chi connectivity index (χ3n) is 5.23. The van der Waals surface area contributed by atoms with Gasteiger partial charge in [0.2, 0.25) is 11.7 Å². The molecule has 0 aliphatic carbocycles. The lowest BCUT2D eigenvalue weighted by Gasteiger charge is -2.12. The molecule has 0 unspecified atom stereocenters. The Bertz CT molecular complexity index is 1280. The molecule has 0 atom stereocenters. The van der Waals surface area contributed by atoms with Gasteiger partial charge >= 0.3 is 6.18 Å². The van der Waals surface area contributed by atoms with Crippen LogP contribution in [0.5, 0.6) is 0 Å². The minimum absolute atomic E-state index is 0.164. The third-order valence-corrected chi connectivity index (χ3v) is 6.15. The fourth-order valence-corrected chi connectivity index (χ4v) is 4.24. The Morgan fingerprint density at radius 2 is 1.97 bits per heavy atom. The number of carbonyl (C=O) groups is 1. The lowest BCUT2D eigenvalue weighted by atomic mass is 10.2. The number of carbonyl (C=O) groups excluding carboxylic acids is 1. The van der Waals surface area contributed by atoms with Crippen molar-refractivity contribution in [3.05, 3.63) is 66.1 Å². The van der Waals surface area contributed by atoms with E-state index >= 15 is 0 Å². The van der Waals surface area contributed by atoms with E-state index in [-0.39, 0.29) is 34.8 Å². The zero-order chi connectivity index (χ0) is 25.5. The number of halogens is 3. The molecule has 1 N–H and O–H groups in total. The number of unbranched alkanes of at least 4 members (excludes halogenated alkanes) is 3. The number of alkyl halides is 3. The van der Waals surface area contributed by atoms with Gasteiger partial charge in [0.15, 0.2) is 16.6 Å². The molecule has 1 amide bonds. The first-order valence-corrected chi connectivity index (χ1v) is 12.4. The normalized spacial score (nSPS) is 11.7. The van der Waals surface area contributed by atoms with Crippen LogP contribution in [0, 0.1) is 0 Å². The van der Waals surface area contributed by atoms with E-state index in [9.17, 15) is 18.0 Å². The fraction of sp³-hybridized carbons (Fsp3) is 0.333. The van der Waals surface area contributed by atoms with Crippen LogP contribution in [0.3, 0.4) is 0 Å². The van der Waals surface area contributed by atoms with Crippen molar-refractivity contribution >= 4 is 17.7 Å². The number of hydrogen-bond acceptors (Lipinski definition) is 7. The average molecular weight is 520 g/mol. The number of hydrogen-bond donors (Lipinski definition) is 1. The summed E-state index contributed by atoms with van der Waals surface area (Å²) in [4.78, 5) is 16.5. The summed E-state index contributed by atoms with van der Waals surface area (Å²) in [7, 11) is 0. The molecule has 0 saturated carbocycles. The van der Waals surface area contributed by atoms with E-state index < -0.39 is 11.7 Å². The van der Waals surface area contributed by atoms with E-state index in [0.29, 0.717) is 17.5 Å². The highest BCUT2D eigenvalue weighted by Crippen LogP contribution is 2.34. The lowest BCUT2D eigenvalue weighted by Crippen LogP contribution is -2.24. The number of rotatable bonds is 11. The van der Waals surface area contributed by atoms with Crippen molar-refractivity contribution in [2.24, 2.45) is 0 Å². The van der Waals surface area contributed by atoms with Crippen LogP contribution in [0.4, 0.5) is 13.2 Å². The maximum absolute atomic E-state index is 13.3. The van der Waals surface area contributed by atoms with Gasteiger partial charge in [-0.05, 0) is 36.8 Å². The SMILES string of the molecule is CCCCCCNC(=O)c1coc(CSc2nnc(-c3ccco3)n2-c2cccc(C(F)(F)F)c2)n1. The van der Waals surface area contributed by atoms with Crippen LogP contribution in [0.25, 0.3) is 17.3 Å². The van der Waals surface area contributed by atoms with E-state index in [4.69, 9.17) is 8.83 Å². The third kappa shape index (κ3) is 6.17. The summed E-state index contributed by atoms with van der Waals surface area (Å²) in [6.45, 7) is 2.68. The second-order valence-electron chi connectivity index (χ2n) is 7.90. The molecule has 3 aromatic heterocycles. The molecule has 0 aliphatic heterocycles. The minimum atomic E-state index is -4.51. The largest absolute Gasteiger partial charge is 0.461 e. The van der Waals surface area contributed by atoms with Crippen molar-refractivity contribution < 1.29 is 26.8 Å². The molecule has 0 fully saturated rings. The van der Waals surface area contributed by atoms with Crippen molar-refractivity contribution in [1.82, 2.24) is 25.1 Å². The molecule has 0 radical (unpaired) electrons. The minimum Gasteiger partial charge on any atom is -0.461 e. The Hall–Kier alpha value is -3.54. The van der Waals surface area contributed by atoms with Gasteiger partial charge < -0.3 is 14.2 Å². The first kappa shape index (κ1) is 25.5. The Kier molecular flexibility index (Phi) is 8.14. The van der Waals surface area contributed by atoms with Crippen molar-refractivity contribution in [1.29, 1.82) is 0 Å². The molecule has 0 saturated heterocycles. The Morgan fingerprint density at radius 1 is 1.11 bits per heavy atom. The van der Waals surface area contributed by atoms with E-state index in [1.165, 1.54) is 29.2 Å². The fourth-order valence-electron chi connectivity index (χ4n) is 3.43. The molecule has 0 spiro atoms. The summed E-state index contributed by atoms with van der Waals surface area (Å²) in [5, 5.41) is 11.4. The van der Waals surface area contributed by atoms with Gasteiger partial charge in [-0.1, -0.05) is 44.0 Å². The van der Waals surface area contributed by atoms with E-state index in [1.54, 1.807) is 12.1 Å². The molecule has 4 aromatic rings. The Balaban J connectivity index is 1.51. The van der Waals surface area contributed by atoms with Gasteiger partial charge in [-0.25, -0.2) is 4.98 Å². The number of aromatic nitrogens is 4. The molecule has 12 heteroatoms. The first-order valence-electron chi connectivity index (χ1n) is 11.4. The summed E-state index contributed by atoms with van der Waals surface area (Å²) in [6, 6.07) is 8.16. The van der Waals surface area contributed by atoms with Gasteiger partial charge in [0.1, 0.15) is 6.26 Å². The van der Waals surface area contributed by atoms with Crippen molar-refractivity contribution in [2.75, 3.05) is 6.54 Å². The average Bonchev–Trinajstić information content (AvgIpc) is 3.62. The van der Waals surface area contributed by atoms with Crippen molar-refractivity contribution in [3.8, 4) is 17.3 Å². The molecular formula is C24H24F3N5O3S. The molecule has 0 aliphatic rings. The molecule has 8 nitrogen and oxygen atoms in total. The quantitative estimate of drug-likeness (QED) is 0.188. The summed E-state index contributed by atoms with van der Waals surface area (Å²) < 4.78 is 52.3. The number of oxazole rings is 1. The van der Waals surface area contributed by atoms with Gasteiger partial charge in [0, 0.05) is 6.54 Å². The van der Waals surface area contributed by atoms with E-state index in [1.807, 2.05) is 0 Å². The summed E-state index contributed by atoms with van der Waals surface area (Å²) in [5.74, 6) is 0.727. The van der Waals surface area contributed by atoms with E-state index in [0.717, 1.165) is 49.6 Å². The van der Waals surface area contributed by atoms with Gasteiger partial charge in [-0.15, -0.1) is 10.2 Å². The van der Waals surface area contributed by atoms with Crippen LogP contribution in [-0.4, -0.2) is 32.2 Å². The molecule has 4 rings (SSSR count). The number of furan rings is 1. The lowest BCUT2D eigenvalue weighted by molar-refractivity contribution is -0.137. The predicted molar refractivity (Wildman–Crippen MR) is 127 cm³/mol. The maximum Gasteiger partial charge on any atom is 0.416 e. The predicted octanol–water partition coefficient (Wildman–Crippen LogP) is 6.14. The van der Waals surface area contributed by atoms with Crippen LogP contribution in [0.1, 0.15) is 54.5 Å². The number of nitrogens with zero attached hydrogens (tertiary/aromatic N) is 4. The number of benzene rings is 1. The highest BCUT2D eigenvalue weighted by Gasteiger charge is 2.31. The molecule has 190 valence electrons. The zero-order valence-corrected chi connectivity index (χ0v) is 20.2. The zero-order valence-electron chi connectivity index (χ0n) is 19.4. The second kappa shape index (κ2) is 11.5. The molecule has 3 heterocycles. The number of thioether (sulfide) groups is 1. The number of nitrogens with one attached hydrogen (secondary N) is 1. The maximum atomic E-state index is 13.3. The molecular weight excluding hydrogens is 495 g/mol. The smallest absolute Gasteiger partial charge is 0.416 e. The van der Waals surface area contributed by atoms with Gasteiger partial charge in [0.05, 0.1) is 23.3 Å². The topological polar surface area (TPSA) is 99.0 Å². The number of amides is 1. The molecule has 0 bridgehead atoms. The second-order valence-corrected chi connectivity index (χ2v) is 8.84. The van der Waals surface area contributed by atoms with Crippen molar-refractivity contribution in [3.63, 3.8) is 0 Å². The van der Waals surface area contributed by atoms with Crippen LogP contribution < -0.4 is 5.32 Å². The first-order chi connectivity index (χ1) is 17.4. The van der Waals surface area contributed by atoms with Crippen LogP contribution in [-0.2, 0) is 11.9 Å². The van der Waals surface area contributed by atoms with Gasteiger partial charge in [-0.2, -0.15) is 13.2 Å². The molecule has 36 heavy (non-hydrogen) atoms. The van der Waals surface area contributed by atoms with E-state index in [2.05, 4.69) is 27.4 Å². The highest BCUT2D eigenvalue weighted by atomic mass is 32.2. The highest BCUT2D eigenvalue weighted by molar-refractivity contribution is 7.98. The monoisotopic (exact) mass is 519 g/mol. The summed E-state index contributed by atoms with van der Waals surface area (Å²) in [5.41, 5.74) is -0.413. The van der Waals surface area contributed by atoms with Gasteiger partial charge in [-0.3, -0.25) is 9.36 Å². The Labute approximate surface area is 209 Å². The summed E-state index contributed by atoms with van der Waals surface area (Å²) in [6.07, 6.45) is 2.39. The molecule has 1 aromatic carbocycles. The Morgan fingerprint density at radius 3 is 2.72 bits per heavy atom.